The molecule has 0 aliphatic rings. The summed E-state index contributed by atoms with van der Waals surface area (Å²) in [6.45, 7) is 3.65. The zero-order valence-electron chi connectivity index (χ0n) is 9.35. The van der Waals surface area contributed by atoms with E-state index in [9.17, 15) is 0 Å². The molecule has 1 aromatic heterocycles. The van der Waals surface area contributed by atoms with Crippen LogP contribution in [0.25, 0.3) is 0 Å². The van der Waals surface area contributed by atoms with Gasteiger partial charge in [-0.15, -0.1) is 0 Å². The van der Waals surface area contributed by atoms with Crippen molar-refractivity contribution in [2.24, 2.45) is 5.84 Å². The Morgan fingerprint density at radius 3 is 2.81 bits per heavy atom. The first-order chi connectivity index (χ1) is 7.71. The predicted molar refractivity (Wildman–Crippen MR) is 63.8 cm³/mol. The van der Waals surface area contributed by atoms with Gasteiger partial charge in [-0.3, -0.25) is 0 Å². The topological polar surface area (TPSA) is 113 Å². The maximum absolute atomic E-state index is 8.80. The maximum atomic E-state index is 8.80. The van der Waals surface area contributed by atoms with Crippen LogP contribution in [0.4, 0.5) is 17.6 Å². The largest absolute Gasteiger partial charge is 0.396 e. The molecule has 0 aliphatic heterocycles. The van der Waals surface area contributed by atoms with Crippen molar-refractivity contribution in [2.45, 2.75) is 13.3 Å². The molecule has 1 aromatic rings. The van der Waals surface area contributed by atoms with Crippen molar-refractivity contribution >= 4 is 17.6 Å². The Balaban J connectivity index is 2.86. The molecule has 0 amide bonds. The number of aliphatic hydroxyl groups is 1. The molecule has 7 heteroatoms. The van der Waals surface area contributed by atoms with Crippen molar-refractivity contribution in [1.82, 2.24) is 9.97 Å². The summed E-state index contributed by atoms with van der Waals surface area (Å²) in [5.41, 5.74) is 8.00. The number of anilines is 3. The molecule has 6 N–H and O–H groups in total. The highest BCUT2D eigenvalue weighted by Crippen LogP contribution is 2.16. The van der Waals surface area contributed by atoms with Gasteiger partial charge in [-0.2, -0.15) is 9.97 Å². The lowest BCUT2D eigenvalue weighted by molar-refractivity contribution is 0.289. The number of nitrogens with one attached hydrogen (secondary N) is 1. The highest BCUT2D eigenvalue weighted by atomic mass is 16.3. The van der Waals surface area contributed by atoms with E-state index in [1.165, 1.54) is 0 Å². The van der Waals surface area contributed by atoms with Crippen LogP contribution in [0.1, 0.15) is 13.3 Å². The third-order valence-corrected chi connectivity index (χ3v) is 2.17. The zero-order valence-corrected chi connectivity index (χ0v) is 9.35. The molecular formula is C9H18N6O. The average molecular weight is 226 g/mol. The van der Waals surface area contributed by atoms with Crippen LogP contribution in [0, 0.1) is 0 Å². The molecule has 0 bridgehead atoms. The molecule has 1 rings (SSSR count). The van der Waals surface area contributed by atoms with Crippen molar-refractivity contribution in [2.75, 3.05) is 35.8 Å². The van der Waals surface area contributed by atoms with E-state index in [2.05, 4.69) is 15.4 Å². The van der Waals surface area contributed by atoms with Gasteiger partial charge in [-0.25, -0.2) is 5.84 Å². The van der Waals surface area contributed by atoms with E-state index in [1.54, 1.807) is 6.07 Å². The monoisotopic (exact) mass is 226 g/mol. The van der Waals surface area contributed by atoms with Gasteiger partial charge in [0.25, 0.3) is 0 Å². The van der Waals surface area contributed by atoms with Gasteiger partial charge in [0.1, 0.15) is 11.6 Å². The molecule has 16 heavy (non-hydrogen) atoms. The number of hydrogen-bond acceptors (Lipinski definition) is 7. The zero-order chi connectivity index (χ0) is 12.0. The van der Waals surface area contributed by atoms with E-state index in [-0.39, 0.29) is 12.6 Å². The number of hydrazine groups is 1. The van der Waals surface area contributed by atoms with E-state index in [1.807, 2.05) is 11.8 Å². The third-order valence-electron chi connectivity index (χ3n) is 2.17. The van der Waals surface area contributed by atoms with Gasteiger partial charge in [0.05, 0.1) is 0 Å². The molecule has 0 fully saturated rings. The standard InChI is InChI=1S/C9H18N6O/c1-2-15(4-3-5-16)8-6-7(14-11)12-9(10)13-8/h6,16H,2-5,11H2,1H3,(H3,10,12,13,14). The minimum absolute atomic E-state index is 0.152. The SMILES string of the molecule is CCN(CCCO)c1cc(NN)nc(N)n1. The first-order valence-electron chi connectivity index (χ1n) is 5.18. The third kappa shape index (κ3) is 3.21. The fourth-order valence-corrected chi connectivity index (χ4v) is 1.38. The van der Waals surface area contributed by atoms with E-state index in [0.717, 1.165) is 6.54 Å². The van der Waals surface area contributed by atoms with Crippen LogP contribution in [-0.2, 0) is 0 Å². The Labute approximate surface area is 94.4 Å². The summed E-state index contributed by atoms with van der Waals surface area (Å²) in [6, 6.07) is 1.72. The lowest BCUT2D eigenvalue weighted by Crippen LogP contribution is -2.26. The van der Waals surface area contributed by atoms with Crippen LogP contribution in [0.2, 0.25) is 0 Å². The normalized spacial score (nSPS) is 10.2. The molecule has 0 aromatic carbocycles. The molecule has 0 saturated heterocycles. The first kappa shape index (κ1) is 12.5. The number of hydrogen-bond donors (Lipinski definition) is 4. The number of nitrogens with zero attached hydrogens (tertiary/aromatic N) is 3. The van der Waals surface area contributed by atoms with Gasteiger partial charge in [0.15, 0.2) is 0 Å². The molecule has 7 nitrogen and oxygen atoms in total. The van der Waals surface area contributed by atoms with E-state index >= 15 is 0 Å². The van der Waals surface area contributed by atoms with E-state index in [4.69, 9.17) is 16.7 Å². The second-order valence-corrected chi connectivity index (χ2v) is 3.27. The smallest absolute Gasteiger partial charge is 0.223 e. The molecule has 0 aliphatic carbocycles. The summed E-state index contributed by atoms with van der Waals surface area (Å²) in [6.07, 6.45) is 0.684. The van der Waals surface area contributed by atoms with Gasteiger partial charge < -0.3 is 21.2 Å². The van der Waals surface area contributed by atoms with Crippen LogP contribution >= 0.6 is 0 Å². The second-order valence-electron chi connectivity index (χ2n) is 3.27. The van der Waals surface area contributed by atoms with Crippen LogP contribution in [0.5, 0.6) is 0 Å². The van der Waals surface area contributed by atoms with Crippen LogP contribution < -0.4 is 21.9 Å². The second kappa shape index (κ2) is 6.09. The van der Waals surface area contributed by atoms with Crippen molar-refractivity contribution in [3.05, 3.63) is 6.07 Å². The van der Waals surface area contributed by atoms with Gasteiger partial charge >= 0.3 is 0 Å². The minimum Gasteiger partial charge on any atom is -0.396 e. The number of rotatable bonds is 6. The molecule has 90 valence electrons. The predicted octanol–water partition coefficient (Wildman–Crippen LogP) is -0.447. The number of aliphatic hydroxyl groups excluding tert-OH is 1. The van der Waals surface area contributed by atoms with Gasteiger partial charge in [-0.05, 0) is 13.3 Å². The Morgan fingerprint density at radius 1 is 1.50 bits per heavy atom. The highest BCUT2D eigenvalue weighted by Gasteiger charge is 2.08. The molecule has 0 radical (unpaired) electrons. The van der Waals surface area contributed by atoms with E-state index < -0.39 is 0 Å². The lowest BCUT2D eigenvalue weighted by Gasteiger charge is -2.21. The summed E-state index contributed by atoms with van der Waals surface area (Å²) in [5, 5.41) is 8.80. The summed E-state index contributed by atoms with van der Waals surface area (Å²) in [4.78, 5) is 10.0. The Bertz CT molecular complexity index is 332. The Kier molecular flexibility index (Phi) is 4.74. The van der Waals surface area contributed by atoms with Gasteiger partial charge in [0, 0.05) is 25.8 Å². The fourth-order valence-electron chi connectivity index (χ4n) is 1.38. The Morgan fingerprint density at radius 2 is 2.25 bits per heavy atom. The summed E-state index contributed by atoms with van der Waals surface area (Å²) < 4.78 is 0. The fraction of sp³-hybridized carbons (Fsp3) is 0.556. The number of nitrogens with two attached hydrogens (primary N) is 2. The van der Waals surface area contributed by atoms with Crippen molar-refractivity contribution < 1.29 is 5.11 Å². The average Bonchev–Trinajstić information content (AvgIpc) is 2.29. The molecule has 0 unspecified atom stereocenters. The number of aromatic nitrogens is 2. The van der Waals surface area contributed by atoms with Gasteiger partial charge in [0.2, 0.25) is 5.95 Å². The van der Waals surface area contributed by atoms with Crippen molar-refractivity contribution in [1.29, 1.82) is 0 Å². The quantitative estimate of drug-likeness (QED) is 0.384. The first-order valence-corrected chi connectivity index (χ1v) is 5.18. The molecule has 1 heterocycles. The van der Waals surface area contributed by atoms with Crippen molar-refractivity contribution in [3.63, 3.8) is 0 Å². The minimum atomic E-state index is 0.152. The summed E-state index contributed by atoms with van der Waals surface area (Å²) in [7, 11) is 0. The van der Waals surface area contributed by atoms with Crippen LogP contribution in [0.3, 0.4) is 0 Å². The summed E-state index contributed by atoms with van der Waals surface area (Å²) >= 11 is 0. The highest BCUT2D eigenvalue weighted by molar-refractivity contribution is 5.51. The lowest BCUT2D eigenvalue weighted by atomic mass is 10.3. The molecule has 0 saturated carbocycles. The van der Waals surface area contributed by atoms with Crippen LogP contribution in [0.15, 0.2) is 6.07 Å². The maximum Gasteiger partial charge on any atom is 0.223 e. The molecule has 0 atom stereocenters. The number of nitrogen functional groups attached to an aromatic ring is 2. The Hall–Kier alpha value is -1.60. The molecule has 0 spiro atoms. The molecular weight excluding hydrogens is 208 g/mol. The van der Waals surface area contributed by atoms with Crippen molar-refractivity contribution in [3.8, 4) is 0 Å². The summed E-state index contributed by atoms with van der Waals surface area (Å²) in [5.74, 6) is 6.63. The van der Waals surface area contributed by atoms with Gasteiger partial charge in [-0.1, -0.05) is 0 Å². The van der Waals surface area contributed by atoms with Crippen LogP contribution in [-0.4, -0.2) is 34.8 Å². The van der Waals surface area contributed by atoms with E-state index in [0.29, 0.717) is 24.6 Å².